The topological polar surface area (TPSA) is 72.2 Å². The third-order valence-electron chi connectivity index (χ3n) is 2.50. The van der Waals surface area contributed by atoms with Gasteiger partial charge >= 0.3 is 0 Å². The van der Waals surface area contributed by atoms with Gasteiger partial charge in [-0.15, -0.1) is 11.3 Å². The molecule has 2 rings (SSSR count). The summed E-state index contributed by atoms with van der Waals surface area (Å²) in [5, 5.41) is 1.56. The summed E-state index contributed by atoms with van der Waals surface area (Å²) in [4.78, 5) is 0. The van der Waals surface area contributed by atoms with Gasteiger partial charge in [-0.1, -0.05) is 18.2 Å². The number of hydrogen-bond acceptors (Lipinski definition) is 4. The van der Waals surface area contributed by atoms with Crippen LogP contribution < -0.4 is 10.5 Å². The van der Waals surface area contributed by atoms with Gasteiger partial charge in [0.1, 0.15) is 10.0 Å². The zero-order chi connectivity index (χ0) is 13.9. The Labute approximate surface area is 115 Å². The molecule has 19 heavy (non-hydrogen) atoms. The number of sulfonamides is 1. The van der Waals surface area contributed by atoms with Gasteiger partial charge in [-0.3, -0.25) is 0 Å². The standard InChI is InChI=1S/C12H13FN2O2S2/c13-11-4-2-1-3-9(11)5-6-15-19(16,17)12-7-10(14)8-18-12/h1-4,7-8,15H,5-6,14H2. The van der Waals surface area contributed by atoms with Crippen molar-refractivity contribution in [2.75, 3.05) is 12.3 Å². The second-order valence-corrected chi connectivity index (χ2v) is 6.84. The molecule has 0 spiro atoms. The molecule has 3 N–H and O–H groups in total. The number of nitrogens with one attached hydrogen (secondary N) is 1. The van der Waals surface area contributed by atoms with Gasteiger partial charge in [-0.25, -0.2) is 17.5 Å². The van der Waals surface area contributed by atoms with Crippen molar-refractivity contribution in [2.24, 2.45) is 0 Å². The number of anilines is 1. The zero-order valence-corrected chi connectivity index (χ0v) is 11.6. The fourth-order valence-electron chi connectivity index (χ4n) is 1.56. The van der Waals surface area contributed by atoms with Gasteiger partial charge in [0.15, 0.2) is 0 Å². The van der Waals surface area contributed by atoms with Crippen LogP contribution in [0.15, 0.2) is 39.9 Å². The van der Waals surface area contributed by atoms with Crippen molar-refractivity contribution in [1.82, 2.24) is 4.72 Å². The predicted octanol–water partition coefficient (Wildman–Crippen LogP) is 1.99. The highest BCUT2D eigenvalue weighted by Crippen LogP contribution is 2.21. The largest absolute Gasteiger partial charge is 0.398 e. The Kier molecular flexibility index (Phi) is 4.18. The summed E-state index contributed by atoms with van der Waals surface area (Å²) in [7, 11) is -3.56. The molecule has 0 saturated carbocycles. The Morgan fingerprint density at radius 1 is 1.32 bits per heavy atom. The third-order valence-corrected chi connectivity index (χ3v) is 5.42. The molecule has 0 atom stereocenters. The number of rotatable bonds is 5. The van der Waals surface area contributed by atoms with Crippen LogP contribution in [-0.2, 0) is 16.4 Å². The highest BCUT2D eigenvalue weighted by atomic mass is 32.2. The highest BCUT2D eigenvalue weighted by Gasteiger charge is 2.15. The molecule has 0 saturated heterocycles. The highest BCUT2D eigenvalue weighted by molar-refractivity contribution is 7.91. The number of benzene rings is 1. The van der Waals surface area contributed by atoms with Crippen LogP contribution in [0.2, 0.25) is 0 Å². The van der Waals surface area contributed by atoms with E-state index < -0.39 is 10.0 Å². The molecule has 4 nitrogen and oxygen atoms in total. The van der Waals surface area contributed by atoms with Gasteiger partial charge in [0, 0.05) is 17.6 Å². The summed E-state index contributed by atoms with van der Waals surface area (Å²) in [6, 6.07) is 7.69. The van der Waals surface area contributed by atoms with Crippen LogP contribution in [0.4, 0.5) is 10.1 Å². The fraction of sp³-hybridized carbons (Fsp3) is 0.167. The van der Waals surface area contributed by atoms with Crippen LogP contribution in [0, 0.1) is 5.82 Å². The van der Waals surface area contributed by atoms with Crippen LogP contribution in [0.3, 0.4) is 0 Å². The minimum absolute atomic E-state index is 0.140. The van der Waals surface area contributed by atoms with Crippen molar-refractivity contribution in [2.45, 2.75) is 10.6 Å². The van der Waals surface area contributed by atoms with Crippen molar-refractivity contribution in [3.8, 4) is 0 Å². The van der Waals surface area contributed by atoms with Crippen LogP contribution in [0.5, 0.6) is 0 Å². The minimum Gasteiger partial charge on any atom is -0.398 e. The maximum absolute atomic E-state index is 13.3. The molecule has 0 radical (unpaired) electrons. The number of nitrogen functional groups attached to an aromatic ring is 1. The van der Waals surface area contributed by atoms with E-state index in [0.717, 1.165) is 11.3 Å². The SMILES string of the molecule is Nc1csc(S(=O)(=O)NCCc2ccccc2F)c1. The third kappa shape index (κ3) is 3.52. The molecule has 1 aromatic heterocycles. The average Bonchev–Trinajstić information content (AvgIpc) is 2.79. The monoisotopic (exact) mass is 300 g/mol. The van der Waals surface area contributed by atoms with Crippen molar-refractivity contribution in [3.63, 3.8) is 0 Å². The number of thiophene rings is 1. The summed E-state index contributed by atoms with van der Waals surface area (Å²) in [6.07, 6.45) is 0.298. The lowest BCUT2D eigenvalue weighted by molar-refractivity contribution is 0.579. The lowest BCUT2D eigenvalue weighted by Gasteiger charge is -2.05. The lowest BCUT2D eigenvalue weighted by atomic mass is 10.1. The first-order chi connectivity index (χ1) is 8.99. The molecule has 0 aliphatic carbocycles. The zero-order valence-electron chi connectivity index (χ0n) is 9.97. The Bertz CT molecular complexity index is 668. The van der Waals surface area contributed by atoms with Gasteiger partial charge in [0.25, 0.3) is 0 Å². The molecule has 7 heteroatoms. The van der Waals surface area contributed by atoms with Crippen molar-refractivity contribution in [3.05, 3.63) is 47.1 Å². The number of nitrogens with two attached hydrogens (primary N) is 1. The van der Waals surface area contributed by atoms with E-state index in [2.05, 4.69) is 4.72 Å². The first-order valence-corrected chi connectivity index (χ1v) is 7.92. The minimum atomic E-state index is -3.56. The molecule has 1 aromatic carbocycles. The summed E-state index contributed by atoms with van der Waals surface area (Å²) >= 11 is 1.06. The van der Waals surface area contributed by atoms with E-state index in [4.69, 9.17) is 5.73 Å². The van der Waals surface area contributed by atoms with Gasteiger partial charge in [-0.05, 0) is 24.1 Å². The summed E-state index contributed by atoms with van der Waals surface area (Å²) in [5.41, 5.74) is 6.38. The van der Waals surface area contributed by atoms with Crippen molar-refractivity contribution in [1.29, 1.82) is 0 Å². The predicted molar refractivity (Wildman–Crippen MR) is 74.0 cm³/mol. The van der Waals surface area contributed by atoms with E-state index in [-0.39, 0.29) is 16.6 Å². The molecule has 0 bridgehead atoms. The first-order valence-electron chi connectivity index (χ1n) is 5.56. The van der Waals surface area contributed by atoms with Crippen LogP contribution in [0.1, 0.15) is 5.56 Å². The smallest absolute Gasteiger partial charge is 0.250 e. The second-order valence-electron chi connectivity index (χ2n) is 3.94. The maximum atomic E-state index is 13.3. The number of hydrogen-bond donors (Lipinski definition) is 2. The lowest BCUT2D eigenvalue weighted by Crippen LogP contribution is -2.25. The van der Waals surface area contributed by atoms with E-state index in [0.29, 0.717) is 17.7 Å². The van der Waals surface area contributed by atoms with Gasteiger partial charge in [-0.2, -0.15) is 0 Å². The molecule has 0 aliphatic heterocycles. The molecule has 0 aliphatic rings. The molecular weight excluding hydrogens is 287 g/mol. The van der Waals surface area contributed by atoms with E-state index in [9.17, 15) is 12.8 Å². The van der Waals surface area contributed by atoms with Gasteiger partial charge in [0.2, 0.25) is 10.0 Å². The maximum Gasteiger partial charge on any atom is 0.250 e. The van der Waals surface area contributed by atoms with Crippen LogP contribution in [-0.4, -0.2) is 15.0 Å². The Balaban J connectivity index is 1.98. The normalized spacial score (nSPS) is 11.6. The Hall–Kier alpha value is -1.44. The molecule has 0 unspecified atom stereocenters. The van der Waals surface area contributed by atoms with Gasteiger partial charge < -0.3 is 5.73 Å². The quantitative estimate of drug-likeness (QED) is 0.887. The summed E-state index contributed by atoms with van der Waals surface area (Å²) < 4.78 is 39.7. The molecule has 2 aromatic rings. The fourth-order valence-corrected chi connectivity index (χ4v) is 3.72. The van der Waals surface area contributed by atoms with Crippen molar-refractivity contribution >= 4 is 27.0 Å². The number of halogens is 1. The van der Waals surface area contributed by atoms with E-state index >= 15 is 0 Å². The van der Waals surface area contributed by atoms with Gasteiger partial charge in [0.05, 0.1) is 0 Å². The van der Waals surface area contributed by atoms with E-state index in [1.54, 1.807) is 23.6 Å². The first kappa shape index (κ1) is 14.0. The van der Waals surface area contributed by atoms with Crippen LogP contribution >= 0.6 is 11.3 Å². The van der Waals surface area contributed by atoms with E-state index in [1.165, 1.54) is 12.1 Å². The second kappa shape index (κ2) is 5.68. The van der Waals surface area contributed by atoms with Crippen LogP contribution in [0.25, 0.3) is 0 Å². The summed E-state index contributed by atoms with van der Waals surface area (Å²) in [6.45, 7) is 0.140. The summed E-state index contributed by atoms with van der Waals surface area (Å²) in [5.74, 6) is -0.331. The Morgan fingerprint density at radius 3 is 2.68 bits per heavy atom. The van der Waals surface area contributed by atoms with Crippen molar-refractivity contribution < 1.29 is 12.8 Å². The molecule has 0 fully saturated rings. The molecular formula is C12H13FN2O2S2. The average molecular weight is 300 g/mol. The van der Waals surface area contributed by atoms with E-state index in [1.807, 2.05) is 0 Å². The molecule has 1 heterocycles. The molecule has 0 amide bonds. The molecule has 102 valence electrons. The Morgan fingerprint density at radius 2 is 2.05 bits per heavy atom.